The van der Waals surface area contributed by atoms with Crippen LogP contribution in [-0.4, -0.2) is 4.98 Å². The highest BCUT2D eigenvalue weighted by atomic mass is 127. The van der Waals surface area contributed by atoms with E-state index in [4.69, 9.17) is 5.26 Å². The Morgan fingerprint density at radius 1 is 1.62 bits per heavy atom. The van der Waals surface area contributed by atoms with Gasteiger partial charge >= 0.3 is 0 Å². The van der Waals surface area contributed by atoms with Crippen molar-refractivity contribution in [1.82, 2.24) is 4.98 Å². The molecule has 0 aliphatic heterocycles. The first-order valence-electron chi connectivity index (χ1n) is 3.41. The van der Waals surface area contributed by atoms with Crippen LogP contribution in [0.1, 0.15) is 23.2 Å². The van der Waals surface area contributed by atoms with E-state index in [9.17, 15) is 8.78 Å². The lowest BCUT2D eigenvalue weighted by Crippen LogP contribution is -1.98. The Balaban J connectivity index is 3.33. The van der Waals surface area contributed by atoms with Gasteiger partial charge in [-0.3, -0.25) is 0 Å². The van der Waals surface area contributed by atoms with Gasteiger partial charge in [-0.2, -0.15) is 5.26 Å². The lowest BCUT2D eigenvalue weighted by Gasteiger charge is -2.04. The van der Waals surface area contributed by atoms with E-state index in [2.05, 4.69) is 4.98 Å². The molecule has 1 aromatic rings. The minimum atomic E-state index is -2.58. The van der Waals surface area contributed by atoms with Crippen molar-refractivity contribution in [1.29, 1.82) is 5.26 Å². The van der Waals surface area contributed by atoms with Gasteiger partial charge in [-0.1, -0.05) is 0 Å². The molecule has 0 saturated heterocycles. The summed E-state index contributed by atoms with van der Waals surface area (Å²) >= 11 is 1.73. The maximum absolute atomic E-state index is 12.3. The molecule has 68 valence electrons. The van der Waals surface area contributed by atoms with Gasteiger partial charge in [-0.15, -0.1) is 0 Å². The summed E-state index contributed by atoms with van der Waals surface area (Å²) in [6.45, 7) is 1.62. The number of pyridine rings is 1. The first-order valence-corrected chi connectivity index (χ1v) is 4.49. The highest BCUT2D eigenvalue weighted by Gasteiger charge is 2.14. The highest BCUT2D eigenvalue weighted by Crippen LogP contribution is 2.24. The summed E-state index contributed by atoms with van der Waals surface area (Å²) in [6, 6.07) is 3.01. The van der Waals surface area contributed by atoms with Crippen molar-refractivity contribution in [3.8, 4) is 6.07 Å². The maximum atomic E-state index is 12.3. The summed E-state index contributed by atoms with van der Waals surface area (Å²) in [5, 5.41) is 8.58. The zero-order chi connectivity index (χ0) is 10.0. The second-order valence-electron chi connectivity index (χ2n) is 2.41. The Kier molecular flexibility index (Phi) is 3.14. The number of hydrogen-bond donors (Lipinski definition) is 0. The number of rotatable bonds is 1. The van der Waals surface area contributed by atoms with Crippen LogP contribution in [0.15, 0.2) is 6.07 Å². The van der Waals surface area contributed by atoms with E-state index in [1.807, 2.05) is 6.07 Å². The SMILES string of the molecule is Cc1nc(I)c(C(F)F)cc1C#N. The zero-order valence-electron chi connectivity index (χ0n) is 6.68. The Labute approximate surface area is 87.7 Å². The van der Waals surface area contributed by atoms with Gasteiger partial charge in [0.2, 0.25) is 0 Å². The number of aryl methyl sites for hydroxylation is 1. The van der Waals surface area contributed by atoms with E-state index in [0.717, 1.165) is 0 Å². The van der Waals surface area contributed by atoms with Gasteiger partial charge in [0.15, 0.2) is 0 Å². The van der Waals surface area contributed by atoms with Crippen molar-refractivity contribution >= 4 is 22.6 Å². The van der Waals surface area contributed by atoms with Gasteiger partial charge in [-0.25, -0.2) is 13.8 Å². The average Bonchev–Trinajstić information content (AvgIpc) is 2.03. The molecule has 0 spiro atoms. The molecule has 0 N–H and O–H groups in total. The van der Waals surface area contributed by atoms with Gasteiger partial charge in [-0.05, 0) is 35.6 Å². The fraction of sp³-hybridized carbons (Fsp3) is 0.250. The van der Waals surface area contributed by atoms with Gasteiger partial charge in [0.05, 0.1) is 16.8 Å². The largest absolute Gasteiger partial charge is 0.266 e. The van der Waals surface area contributed by atoms with E-state index in [1.54, 1.807) is 29.5 Å². The van der Waals surface area contributed by atoms with E-state index in [1.165, 1.54) is 6.07 Å². The lowest BCUT2D eigenvalue weighted by atomic mass is 10.1. The smallest absolute Gasteiger partial charge is 0.245 e. The van der Waals surface area contributed by atoms with Crippen molar-refractivity contribution in [2.24, 2.45) is 0 Å². The molecule has 0 radical (unpaired) electrons. The molecule has 0 unspecified atom stereocenters. The van der Waals surface area contributed by atoms with Crippen LogP contribution in [-0.2, 0) is 0 Å². The zero-order valence-corrected chi connectivity index (χ0v) is 8.84. The minimum Gasteiger partial charge on any atom is -0.245 e. The fourth-order valence-electron chi connectivity index (χ4n) is 0.858. The number of aromatic nitrogens is 1. The molecule has 0 bridgehead atoms. The Bertz CT molecular complexity index is 371. The third kappa shape index (κ3) is 2.12. The Morgan fingerprint density at radius 2 is 2.23 bits per heavy atom. The molecule has 0 aromatic carbocycles. The molecule has 0 amide bonds. The predicted molar refractivity (Wildman–Crippen MR) is 51.4 cm³/mol. The number of nitrogens with zero attached hydrogens (tertiary/aromatic N) is 2. The van der Waals surface area contributed by atoms with Gasteiger partial charge in [0.25, 0.3) is 6.43 Å². The summed E-state index contributed by atoms with van der Waals surface area (Å²) < 4.78 is 24.9. The second kappa shape index (κ2) is 3.96. The first-order chi connectivity index (χ1) is 6.06. The average molecular weight is 294 g/mol. The molecule has 0 fully saturated rings. The van der Waals surface area contributed by atoms with Crippen molar-refractivity contribution in [3.05, 3.63) is 26.6 Å². The number of nitriles is 1. The molecule has 0 atom stereocenters. The summed E-state index contributed by atoms with van der Waals surface area (Å²) in [5.41, 5.74) is 0.509. The van der Waals surface area contributed by atoms with Crippen LogP contribution in [0.3, 0.4) is 0 Å². The van der Waals surface area contributed by atoms with Crippen molar-refractivity contribution < 1.29 is 8.78 Å². The lowest BCUT2D eigenvalue weighted by molar-refractivity contribution is 0.150. The molecule has 1 aromatic heterocycles. The Morgan fingerprint density at radius 3 is 2.69 bits per heavy atom. The molecule has 13 heavy (non-hydrogen) atoms. The molecule has 0 aliphatic rings. The second-order valence-corrected chi connectivity index (χ2v) is 3.44. The van der Waals surface area contributed by atoms with Crippen LogP contribution in [0.2, 0.25) is 0 Å². The molecule has 2 nitrogen and oxygen atoms in total. The molecule has 1 rings (SSSR count). The minimum absolute atomic E-state index is 0.178. The van der Waals surface area contributed by atoms with E-state index >= 15 is 0 Å². The van der Waals surface area contributed by atoms with E-state index in [0.29, 0.717) is 5.69 Å². The topological polar surface area (TPSA) is 36.7 Å². The molecule has 0 aliphatic carbocycles. The van der Waals surface area contributed by atoms with Crippen LogP contribution in [0.25, 0.3) is 0 Å². The number of halogens is 3. The van der Waals surface area contributed by atoms with Crippen LogP contribution in [0.5, 0.6) is 0 Å². The van der Waals surface area contributed by atoms with Crippen LogP contribution >= 0.6 is 22.6 Å². The number of hydrogen-bond acceptors (Lipinski definition) is 2. The monoisotopic (exact) mass is 294 g/mol. The van der Waals surface area contributed by atoms with Crippen LogP contribution < -0.4 is 0 Å². The van der Waals surface area contributed by atoms with Crippen LogP contribution in [0, 0.1) is 22.0 Å². The maximum Gasteiger partial charge on any atom is 0.266 e. The third-order valence-electron chi connectivity index (χ3n) is 1.55. The van der Waals surface area contributed by atoms with Gasteiger partial charge < -0.3 is 0 Å². The molecule has 5 heteroatoms. The van der Waals surface area contributed by atoms with Crippen LogP contribution in [0.4, 0.5) is 8.78 Å². The number of alkyl halides is 2. The normalized spacial score (nSPS) is 10.2. The summed E-state index contributed by atoms with van der Waals surface area (Å²) in [4.78, 5) is 3.85. The van der Waals surface area contributed by atoms with Gasteiger partial charge in [0.1, 0.15) is 9.77 Å². The molecular weight excluding hydrogens is 289 g/mol. The van der Waals surface area contributed by atoms with E-state index < -0.39 is 6.43 Å². The Hall–Kier alpha value is -0.770. The van der Waals surface area contributed by atoms with Gasteiger partial charge in [0, 0.05) is 0 Å². The standard InChI is InChI=1S/C8H5F2IN2/c1-4-5(3-12)2-6(7(9)10)8(11)13-4/h2,7H,1H3. The van der Waals surface area contributed by atoms with Crippen molar-refractivity contribution in [2.75, 3.05) is 0 Å². The third-order valence-corrected chi connectivity index (χ3v) is 2.41. The summed E-state index contributed by atoms with van der Waals surface area (Å²) in [5.74, 6) is 0. The first kappa shape index (κ1) is 10.3. The van der Waals surface area contributed by atoms with Crippen molar-refractivity contribution in [3.63, 3.8) is 0 Å². The van der Waals surface area contributed by atoms with E-state index in [-0.39, 0.29) is 14.8 Å². The van der Waals surface area contributed by atoms with Crippen molar-refractivity contribution in [2.45, 2.75) is 13.3 Å². The summed E-state index contributed by atoms with van der Waals surface area (Å²) in [6.07, 6.45) is -2.58. The molecule has 1 heterocycles. The predicted octanol–water partition coefficient (Wildman–Crippen LogP) is 2.80. The fourth-order valence-corrected chi connectivity index (χ4v) is 1.61. The molecular formula is C8H5F2IN2. The quantitative estimate of drug-likeness (QED) is 0.590. The summed E-state index contributed by atoms with van der Waals surface area (Å²) in [7, 11) is 0. The highest BCUT2D eigenvalue weighted by molar-refractivity contribution is 14.1. The molecule has 0 saturated carbocycles.